The van der Waals surface area contributed by atoms with Crippen LogP contribution in [0.15, 0.2) is 63.7 Å². The number of allylic oxidation sites excluding steroid dienone is 6. The third-order valence-electron chi connectivity index (χ3n) is 3.48. The summed E-state index contributed by atoms with van der Waals surface area (Å²) in [5, 5.41) is 0.664. The van der Waals surface area contributed by atoms with E-state index in [4.69, 9.17) is 5.73 Å². The van der Waals surface area contributed by atoms with Crippen LogP contribution in [0, 0.1) is 11.8 Å². The van der Waals surface area contributed by atoms with E-state index in [1.807, 2.05) is 0 Å². The molecule has 0 aromatic rings. The van der Waals surface area contributed by atoms with Crippen LogP contribution in [0.4, 0.5) is 0 Å². The van der Waals surface area contributed by atoms with Crippen LogP contribution >= 0.6 is 25.3 Å². The lowest BCUT2D eigenvalue weighted by atomic mass is 9.97. The van der Waals surface area contributed by atoms with Crippen LogP contribution in [0.2, 0.25) is 0 Å². The molecule has 0 aliphatic heterocycles. The predicted octanol–water partition coefficient (Wildman–Crippen LogP) is 3.64. The summed E-state index contributed by atoms with van der Waals surface area (Å²) in [7, 11) is 0. The molecule has 100 valence electrons. The van der Waals surface area contributed by atoms with Gasteiger partial charge < -0.3 is 5.73 Å². The highest BCUT2D eigenvalue weighted by Crippen LogP contribution is 2.43. The van der Waals surface area contributed by atoms with Crippen molar-refractivity contribution in [2.45, 2.75) is 12.8 Å². The summed E-state index contributed by atoms with van der Waals surface area (Å²) >= 11 is 8.19. The van der Waals surface area contributed by atoms with E-state index in [-0.39, 0.29) is 5.03 Å². The lowest BCUT2D eigenvalue weighted by Gasteiger charge is -2.09. The third kappa shape index (κ3) is 3.25. The summed E-state index contributed by atoms with van der Waals surface area (Å²) in [6.07, 6.45) is 10.7. The van der Waals surface area contributed by atoms with Crippen molar-refractivity contribution in [3.63, 3.8) is 0 Å². The number of nitrogens with zero attached hydrogens (tertiary/aromatic N) is 1. The standard InChI is InChI=1S/C15H18N2S2/c1-3-13(17-15(19)14(16)18)9(2)6-12-8-10-4-5-11(12)7-10/h3-6,10-11,18-19H,1-2,7-8,16H2/b12-6+,15-14-,17-13?. The molecule has 0 radical (unpaired) electrons. The Hall–Kier alpha value is -1.13. The highest BCUT2D eigenvalue weighted by atomic mass is 32.1. The van der Waals surface area contributed by atoms with Crippen molar-refractivity contribution >= 4 is 31.0 Å². The molecular weight excluding hydrogens is 272 g/mol. The van der Waals surface area contributed by atoms with E-state index in [1.54, 1.807) is 6.08 Å². The fourth-order valence-corrected chi connectivity index (χ4v) is 2.70. The molecule has 2 bridgehead atoms. The fourth-order valence-electron chi connectivity index (χ4n) is 2.54. The first-order chi connectivity index (χ1) is 9.01. The summed E-state index contributed by atoms with van der Waals surface area (Å²) in [6.45, 7) is 7.82. The van der Waals surface area contributed by atoms with E-state index in [0.29, 0.717) is 22.6 Å². The Balaban J connectivity index is 2.19. The average Bonchev–Trinajstić information content (AvgIpc) is 2.97. The van der Waals surface area contributed by atoms with Crippen molar-refractivity contribution in [3.8, 4) is 0 Å². The maximum Gasteiger partial charge on any atom is 0.123 e. The van der Waals surface area contributed by atoms with E-state index in [1.165, 1.54) is 12.0 Å². The van der Waals surface area contributed by atoms with Crippen molar-refractivity contribution < 1.29 is 0 Å². The Kier molecular flexibility index (Phi) is 4.42. The van der Waals surface area contributed by atoms with Gasteiger partial charge >= 0.3 is 0 Å². The number of nitrogens with two attached hydrogens (primary N) is 1. The van der Waals surface area contributed by atoms with Gasteiger partial charge in [-0.25, -0.2) is 4.99 Å². The Morgan fingerprint density at radius 1 is 1.42 bits per heavy atom. The highest BCUT2D eigenvalue weighted by Gasteiger charge is 2.30. The summed E-state index contributed by atoms with van der Waals surface area (Å²) in [5.74, 6) is 1.29. The van der Waals surface area contributed by atoms with Crippen LogP contribution in [-0.2, 0) is 0 Å². The smallest absolute Gasteiger partial charge is 0.123 e. The largest absolute Gasteiger partial charge is 0.392 e. The molecule has 2 aliphatic rings. The molecule has 0 saturated heterocycles. The van der Waals surface area contributed by atoms with E-state index < -0.39 is 0 Å². The van der Waals surface area contributed by atoms with Gasteiger partial charge in [0.1, 0.15) is 5.03 Å². The van der Waals surface area contributed by atoms with Crippen LogP contribution in [0.1, 0.15) is 12.8 Å². The number of fused-ring (bicyclic) bond motifs is 2. The molecule has 2 aliphatic carbocycles. The summed E-state index contributed by atoms with van der Waals surface area (Å²) < 4.78 is 0. The molecule has 1 fully saturated rings. The third-order valence-corrected chi connectivity index (χ3v) is 4.21. The van der Waals surface area contributed by atoms with Crippen LogP contribution in [0.5, 0.6) is 0 Å². The van der Waals surface area contributed by atoms with Gasteiger partial charge in [-0.3, -0.25) is 0 Å². The molecule has 0 amide bonds. The lowest BCUT2D eigenvalue weighted by molar-refractivity contribution is 0.693. The Morgan fingerprint density at radius 3 is 2.63 bits per heavy atom. The van der Waals surface area contributed by atoms with Crippen LogP contribution < -0.4 is 5.73 Å². The maximum absolute atomic E-state index is 5.52. The highest BCUT2D eigenvalue weighted by molar-refractivity contribution is 7.88. The number of thiol groups is 2. The van der Waals surface area contributed by atoms with E-state index in [9.17, 15) is 0 Å². The molecule has 2 N–H and O–H groups in total. The van der Waals surface area contributed by atoms with Gasteiger partial charge in [-0.05, 0) is 36.3 Å². The molecule has 0 heterocycles. The first-order valence-electron chi connectivity index (χ1n) is 6.18. The average molecular weight is 290 g/mol. The first kappa shape index (κ1) is 14.3. The quantitative estimate of drug-likeness (QED) is 0.413. The maximum atomic E-state index is 5.52. The van der Waals surface area contributed by atoms with Gasteiger partial charge in [-0.1, -0.05) is 37.0 Å². The Bertz CT molecular complexity index is 534. The molecule has 2 nitrogen and oxygen atoms in total. The Labute approximate surface area is 125 Å². The van der Waals surface area contributed by atoms with Gasteiger partial charge in [0.2, 0.25) is 0 Å². The van der Waals surface area contributed by atoms with Crippen molar-refractivity contribution in [1.82, 2.24) is 0 Å². The SMILES string of the molecule is C=CC(=N/C(S)=C(\N)S)C(=C)/C=C1\CC2C=CC1C2. The number of hydrogen-bond acceptors (Lipinski definition) is 4. The minimum absolute atomic E-state index is 0.283. The first-order valence-corrected chi connectivity index (χ1v) is 7.07. The van der Waals surface area contributed by atoms with Gasteiger partial charge in [0.05, 0.1) is 10.7 Å². The summed E-state index contributed by atoms with van der Waals surface area (Å²) in [4.78, 5) is 4.28. The molecule has 0 aromatic carbocycles. The van der Waals surface area contributed by atoms with Gasteiger partial charge in [0.15, 0.2) is 0 Å². The second kappa shape index (κ2) is 5.88. The van der Waals surface area contributed by atoms with E-state index >= 15 is 0 Å². The molecule has 1 saturated carbocycles. The molecule has 19 heavy (non-hydrogen) atoms. The lowest BCUT2D eigenvalue weighted by Crippen LogP contribution is -2.00. The normalized spacial score (nSPS) is 28.7. The molecule has 2 rings (SSSR count). The van der Waals surface area contributed by atoms with Crippen molar-refractivity contribution in [3.05, 3.63) is 58.7 Å². The fraction of sp³-hybridized carbons (Fsp3) is 0.267. The van der Waals surface area contributed by atoms with Crippen molar-refractivity contribution in [2.75, 3.05) is 0 Å². The number of aliphatic imine (C=N–C) groups is 1. The predicted molar refractivity (Wildman–Crippen MR) is 89.4 cm³/mol. The molecule has 0 spiro atoms. The number of hydrogen-bond donors (Lipinski definition) is 3. The van der Waals surface area contributed by atoms with Crippen LogP contribution in [0.25, 0.3) is 0 Å². The minimum atomic E-state index is 0.283. The van der Waals surface area contributed by atoms with E-state index in [0.717, 1.165) is 12.0 Å². The van der Waals surface area contributed by atoms with Crippen molar-refractivity contribution in [1.29, 1.82) is 0 Å². The Morgan fingerprint density at radius 2 is 2.16 bits per heavy atom. The van der Waals surface area contributed by atoms with Crippen LogP contribution in [-0.4, -0.2) is 5.71 Å². The minimum Gasteiger partial charge on any atom is -0.392 e. The van der Waals surface area contributed by atoms with Gasteiger partial charge in [-0.15, -0.1) is 25.3 Å². The molecule has 0 aromatic heterocycles. The zero-order chi connectivity index (χ0) is 14.0. The molecule has 2 unspecified atom stereocenters. The van der Waals surface area contributed by atoms with E-state index in [2.05, 4.69) is 61.6 Å². The zero-order valence-corrected chi connectivity index (χ0v) is 12.5. The van der Waals surface area contributed by atoms with Crippen molar-refractivity contribution in [2.24, 2.45) is 22.6 Å². The second-order valence-electron chi connectivity index (χ2n) is 4.85. The number of rotatable bonds is 4. The summed E-state index contributed by atoms with van der Waals surface area (Å²) in [5.41, 5.74) is 8.47. The molecule has 4 heteroatoms. The zero-order valence-electron chi connectivity index (χ0n) is 10.7. The second-order valence-corrected chi connectivity index (χ2v) is 5.75. The van der Waals surface area contributed by atoms with Crippen LogP contribution in [0.3, 0.4) is 0 Å². The van der Waals surface area contributed by atoms with Gasteiger partial charge in [-0.2, -0.15) is 0 Å². The summed E-state index contributed by atoms with van der Waals surface area (Å²) in [6, 6.07) is 0. The monoisotopic (exact) mass is 290 g/mol. The topological polar surface area (TPSA) is 38.4 Å². The molecular formula is C15H18N2S2. The molecule has 2 atom stereocenters. The van der Waals surface area contributed by atoms with Gasteiger partial charge in [0, 0.05) is 0 Å². The van der Waals surface area contributed by atoms with Gasteiger partial charge in [0.25, 0.3) is 0 Å².